The van der Waals surface area contributed by atoms with E-state index < -0.39 is 10.0 Å². The van der Waals surface area contributed by atoms with E-state index in [9.17, 15) is 8.42 Å². The van der Waals surface area contributed by atoms with Crippen molar-refractivity contribution in [3.8, 4) is 11.8 Å². The van der Waals surface area contributed by atoms with Crippen molar-refractivity contribution in [3.05, 3.63) is 24.0 Å². The van der Waals surface area contributed by atoms with E-state index in [2.05, 4.69) is 16.8 Å². The van der Waals surface area contributed by atoms with Crippen LogP contribution in [0.3, 0.4) is 0 Å². The maximum atomic E-state index is 12.5. The van der Waals surface area contributed by atoms with E-state index >= 15 is 0 Å². The van der Waals surface area contributed by atoms with Crippen molar-refractivity contribution in [2.75, 3.05) is 25.7 Å². The Morgan fingerprint density at radius 2 is 2.19 bits per heavy atom. The Morgan fingerprint density at radius 1 is 1.48 bits per heavy atom. The van der Waals surface area contributed by atoms with Gasteiger partial charge in [-0.1, -0.05) is 11.8 Å². The lowest BCUT2D eigenvalue weighted by Crippen LogP contribution is -2.36. The molecule has 1 rings (SSSR count). The Morgan fingerprint density at radius 3 is 2.81 bits per heavy atom. The molecule has 0 aromatic carbocycles. The fraction of sp³-hybridized carbons (Fsp3) is 0.500. The largest absolute Gasteiger partial charge is 0.395 e. The van der Waals surface area contributed by atoms with Gasteiger partial charge >= 0.3 is 0 Å². The minimum absolute atomic E-state index is 0.0205. The van der Waals surface area contributed by atoms with Crippen LogP contribution in [0.15, 0.2) is 23.4 Å². The van der Waals surface area contributed by atoms with Gasteiger partial charge in [0, 0.05) is 43.2 Å². The van der Waals surface area contributed by atoms with Crippen LogP contribution in [-0.4, -0.2) is 54.5 Å². The molecule has 0 saturated heterocycles. The lowest BCUT2D eigenvalue weighted by molar-refractivity contribution is 0.305. The minimum Gasteiger partial charge on any atom is -0.395 e. The van der Waals surface area contributed by atoms with Crippen LogP contribution in [-0.2, 0) is 10.0 Å². The first-order valence-corrected chi connectivity index (χ1v) is 9.28. The standard InChI is InChI=1S/C14H20N2O3S2/c1-12(11-20-3)16(2)21(18,19)14-8-13(9-15-10-14)6-4-5-7-17/h8-10,12,17H,5,7,11H2,1-3H3. The molecule has 0 aliphatic carbocycles. The number of nitrogens with zero attached hydrogens (tertiary/aromatic N) is 2. The molecule has 0 bridgehead atoms. The van der Waals surface area contributed by atoms with E-state index in [1.807, 2.05) is 13.2 Å². The molecule has 1 N–H and O–H groups in total. The molecule has 0 aliphatic heterocycles. The zero-order valence-corrected chi connectivity index (χ0v) is 14.0. The summed E-state index contributed by atoms with van der Waals surface area (Å²) in [6.45, 7) is 1.85. The molecule has 1 unspecified atom stereocenters. The first-order chi connectivity index (χ1) is 9.93. The van der Waals surface area contributed by atoms with Crippen molar-refractivity contribution in [3.63, 3.8) is 0 Å². The van der Waals surface area contributed by atoms with Crippen molar-refractivity contribution in [1.82, 2.24) is 9.29 Å². The average Bonchev–Trinajstić information content (AvgIpc) is 2.47. The number of hydrogen-bond donors (Lipinski definition) is 1. The lowest BCUT2D eigenvalue weighted by atomic mass is 10.3. The summed E-state index contributed by atoms with van der Waals surface area (Å²) in [6, 6.07) is 1.41. The van der Waals surface area contributed by atoms with Gasteiger partial charge in [0.1, 0.15) is 4.90 Å². The molecule has 5 nitrogen and oxygen atoms in total. The normalized spacial score (nSPS) is 12.8. The van der Waals surface area contributed by atoms with Gasteiger partial charge in [-0.25, -0.2) is 8.42 Å². The van der Waals surface area contributed by atoms with E-state index in [1.165, 1.54) is 22.8 Å². The summed E-state index contributed by atoms with van der Waals surface area (Å²) in [5.74, 6) is 6.26. The smallest absolute Gasteiger partial charge is 0.244 e. The molecular weight excluding hydrogens is 308 g/mol. The third-order valence-corrected chi connectivity index (χ3v) is 5.64. The highest BCUT2D eigenvalue weighted by Gasteiger charge is 2.25. The fourth-order valence-corrected chi connectivity index (χ4v) is 3.75. The second-order valence-corrected chi connectivity index (χ2v) is 7.42. The first-order valence-electron chi connectivity index (χ1n) is 6.45. The van der Waals surface area contributed by atoms with Crippen molar-refractivity contribution in [1.29, 1.82) is 0 Å². The van der Waals surface area contributed by atoms with Crippen molar-refractivity contribution in [2.24, 2.45) is 0 Å². The number of aromatic nitrogens is 1. The van der Waals surface area contributed by atoms with Gasteiger partial charge in [-0.3, -0.25) is 4.98 Å². The highest BCUT2D eigenvalue weighted by molar-refractivity contribution is 7.98. The number of sulfonamides is 1. The molecule has 0 fully saturated rings. The van der Waals surface area contributed by atoms with Gasteiger partial charge in [0.05, 0.1) is 6.61 Å². The van der Waals surface area contributed by atoms with Crippen molar-refractivity contribution < 1.29 is 13.5 Å². The predicted molar refractivity (Wildman–Crippen MR) is 85.6 cm³/mol. The molecule has 116 valence electrons. The summed E-state index contributed by atoms with van der Waals surface area (Å²) in [7, 11) is -2.00. The summed E-state index contributed by atoms with van der Waals surface area (Å²) in [5, 5.41) is 8.69. The number of pyridine rings is 1. The molecule has 21 heavy (non-hydrogen) atoms. The van der Waals surface area contributed by atoms with E-state index in [1.54, 1.807) is 18.8 Å². The number of hydrogen-bond acceptors (Lipinski definition) is 5. The van der Waals surface area contributed by atoms with Crippen LogP contribution in [0.2, 0.25) is 0 Å². The number of aliphatic hydroxyl groups is 1. The second kappa shape index (κ2) is 8.39. The summed E-state index contributed by atoms with van der Waals surface area (Å²) < 4.78 is 26.4. The van der Waals surface area contributed by atoms with E-state index in [0.717, 1.165) is 5.75 Å². The van der Waals surface area contributed by atoms with Crippen LogP contribution >= 0.6 is 11.8 Å². The number of thioether (sulfide) groups is 1. The van der Waals surface area contributed by atoms with Crippen molar-refractivity contribution in [2.45, 2.75) is 24.3 Å². The summed E-state index contributed by atoms with van der Waals surface area (Å²) >= 11 is 1.60. The molecule has 1 aromatic rings. The van der Waals surface area contributed by atoms with E-state index in [0.29, 0.717) is 12.0 Å². The van der Waals surface area contributed by atoms with Gasteiger partial charge in [0.15, 0.2) is 0 Å². The molecule has 0 radical (unpaired) electrons. The zero-order chi connectivity index (χ0) is 15.9. The Balaban J connectivity index is 3.04. The van der Waals surface area contributed by atoms with Gasteiger partial charge in [-0.2, -0.15) is 16.1 Å². The first kappa shape index (κ1) is 18.0. The Hall–Kier alpha value is -1.07. The lowest BCUT2D eigenvalue weighted by Gasteiger charge is -2.23. The van der Waals surface area contributed by atoms with Crippen LogP contribution in [0.4, 0.5) is 0 Å². The van der Waals surface area contributed by atoms with Gasteiger partial charge in [-0.15, -0.1) is 0 Å². The average molecular weight is 328 g/mol. The van der Waals surface area contributed by atoms with E-state index in [4.69, 9.17) is 5.11 Å². The summed E-state index contributed by atoms with van der Waals surface area (Å²) in [6.07, 6.45) is 5.13. The van der Waals surface area contributed by atoms with Crippen LogP contribution < -0.4 is 0 Å². The second-order valence-electron chi connectivity index (χ2n) is 4.51. The molecule has 0 spiro atoms. The Kier molecular flexibility index (Phi) is 7.18. The Bertz CT molecular complexity index is 621. The van der Waals surface area contributed by atoms with Gasteiger partial charge in [0.2, 0.25) is 10.0 Å². The molecule has 1 aromatic heterocycles. The molecule has 1 atom stereocenters. The van der Waals surface area contributed by atoms with Gasteiger partial charge < -0.3 is 5.11 Å². The van der Waals surface area contributed by atoms with Gasteiger partial charge in [0.25, 0.3) is 0 Å². The fourth-order valence-electron chi connectivity index (χ4n) is 1.60. The quantitative estimate of drug-likeness (QED) is 0.794. The van der Waals surface area contributed by atoms with Crippen LogP contribution in [0.25, 0.3) is 0 Å². The summed E-state index contributed by atoms with van der Waals surface area (Å²) in [5.41, 5.74) is 0.524. The van der Waals surface area contributed by atoms with Crippen LogP contribution in [0, 0.1) is 11.8 Å². The maximum Gasteiger partial charge on any atom is 0.244 e. The predicted octanol–water partition coefficient (Wildman–Crippen LogP) is 1.19. The van der Waals surface area contributed by atoms with E-state index in [-0.39, 0.29) is 17.5 Å². The number of aliphatic hydroxyl groups excluding tert-OH is 1. The SMILES string of the molecule is CSCC(C)N(C)S(=O)(=O)c1cncc(C#CCCO)c1. The minimum atomic E-state index is -3.57. The van der Waals surface area contributed by atoms with Crippen LogP contribution in [0.1, 0.15) is 18.9 Å². The molecule has 0 saturated carbocycles. The third-order valence-electron chi connectivity index (χ3n) is 2.89. The maximum absolute atomic E-state index is 12.5. The molecular formula is C14H20N2O3S2. The van der Waals surface area contributed by atoms with Gasteiger partial charge in [-0.05, 0) is 19.2 Å². The Labute approximate surface area is 130 Å². The third kappa shape index (κ3) is 5.00. The molecule has 1 heterocycles. The van der Waals surface area contributed by atoms with Crippen molar-refractivity contribution >= 4 is 21.8 Å². The molecule has 0 amide bonds. The van der Waals surface area contributed by atoms with Crippen LogP contribution in [0.5, 0.6) is 0 Å². The number of rotatable bonds is 6. The highest BCUT2D eigenvalue weighted by Crippen LogP contribution is 2.18. The zero-order valence-electron chi connectivity index (χ0n) is 12.4. The topological polar surface area (TPSA) is 70.5 Å². The molecule has 7 heteroatoms. The summed E-state index contributed by atoms with van der Waals surface area (Å²) in [4.78, 5) is 4.07. The monoisotopic (exact) mass is 328 g/mol. The highest BCUT2D eigenvalue weighted by atomic mass is 32.2. The molecule has 0 aliphatic rings.